The average Bonchev–Trinajstić information content (AvgIpc) is 2.15. The quantitative estimate of drug-likeness (QED) is 0.562. The number of hydrogen-bond donors (Lipinski definition) is 2. The van der Waals surface area contributed by atoms with Gasteiger partial charge < -0.3 is 15.2 Å². The summed E-state index contributed by atoms with van der Waals surface area (Å²) < 4.78 is 5.41. The molecule has 1 rings (SSSR count). The van der Waals surface area contributed by atoms with Gasteiger partial charge >= 0.3 is 0 Å². The Labute approximate surface area is 61.4 Å². The number of hydrogen-bond acceptors (Lipinski definition) is 3. The van der Waals surface area contributed by atoms with Crippen LogP contribution in [0.15, 0.2) is 0 Å². The van der Waals surface area contributed by atoms with Gasteiger partial charge in [-0.25, -0.2) is 0 Å². The van der Waals surface area contributed by atoms with Gasteiger partial charge in [-0.15, -0.1) is 0 Å². The van der Waals surface area contributed by atoms with E-state index in [1.54, 1.807) is 0 Å². The van der Waals surface area contributed by atoms with Crippen molar-refractivity contribution in [3.05, 3.63) is 0 Å². The van der Waals surface area contributed by atoms with Crippen LogP contribution in [-0.4, -0.2) is 36.5 Å². The van der Waals surface area contributed by atoms with Gasteiger partial charge in [-0.05, 0) is 13.8 Å². The lowest BCUT2D eigenvalue weighted by atomic mass is 10.2. The standard InChI is InChI=1S/C7H15NO2/c1-5(2)10-7-4-8-3-6(7)9/h5-9H,3-4H2,1-2H3/t6-,7+/m1/s1. The molecular formula is C7H15NO2. The molecule has 1 heterocycles. The largest absolute Gasteiger partial charge is 0.389 e. The van der Waals surface area contributed by atoms with E-state index in [2.05, 4.69) is 5.32 Å². The second-order valence-electron chi connectivity index (χ2n) is 2.95. The molecule has 1 aliphatic rings. The van der Waals surface area contributed by atoms with Crippen molar-refractivity contribution in [2.75, 3.05) is 13.1 Å². The van der Waals surface area contributed by atoms with Crippen LogP contribution >= 0.6 is 0 Å². The van der Waals surface area contributed by atoms with E-state index in [-0.39, 0.29) is 18.3 Å². The van der Waals surface area contributed by atoms with E-state index in [1.807, 2.05) is 13.8 Å². The van der Waals surface area contributed by atoms with Crippen LogP contribution in [0, 0.1) is 0 Å². The first-order valence-corrected chi connectivity index (χ1v) is 3.74. The zero-order valence-electron chi connectivity index (χ0n) is 6.50. The van der Waals surface area contributed by atoms with Gasteiger partial charge in [0.1, 0.15) is 0 Å². The molecule has 0 saturated carbocycles. The van der Waals surface area contributed by atoms with E-state index in [0.29, 0.717) is 6.54 Å². The number of ether oxygens (including phenoxy) is 1. The Morgan fingerprint density at radius 3 is 2.60 bits per heavy atom. The molecular weight excluding hydrogens is 130 g/mol. The van der Waals surface area contributed by atoms with E-state index in [4.69, 9.17) is 4.74 Å². The molecule has 3 heteroatoms. The van der Waals surface area contributed by atoms with Gasteiger partial charge in [0.15, 0.2) is 0 Å². The van der Waals surface area contributed by atoms with E-state index in [9.17, 15) is 5.11 Å². The van der Waals surface area contributed by atoms with Crippen LogP contribution in [0.4, 0.5) is 0 Å². The zero-order valence-corrected chi connectivity index (χ0v) is 6.50. The summed E-state index contributed by atoms with van der Waals surface area (Å²) >= 11 is 0. The van der Waals surface area contributed by atoms with Crippen LogP contribution in [0.5, 0.6) is 0 Å². The predicted molar refractivity (Wildman–Crippen MR) is 38.9 cm³/mol. The van der Waals surface area contributed by atoms with E-state index in [0.717, 1.165) is 6.54 Å². The van der Waals surface area contributed by atoms with Crippen molar-refractivity contribution < 1.29 is 9.84 Å². The molecule has 0 aromatic carbocycles. The highest BCUT2D eigenvalue weighted by Crippen LogP contribution is 2.06. The molecule has 0 unspecified atom stereocenters. The number of β-amino-alcohol motifs (C(OH)–C–C–N with tert-alkyl or cyclic N) is 1. The fraction of sp³-hybridized carbons (Fsp3) is 1.00. The Hall–Kier alpha value is -0.120. The van der Waals surface area contributed by atoms with E-state index in [1.165, 1.54) is 0 Å². The number of aliphatic hydroxyl groups is 1. The van der Waals surface area contributed by atoms with Crippen molar-refractivity contribution in [2.24, 2.45) is 0 Å². The van der Waals surface area contributed by atoms with Crippen molar-refractivity contribution in [1.29, 1.82) is 0 Å². The van der Waals surface area contributed by atoms with Crippen molar-refractivity contribution in [3.63, 3.8) is 0 Å². The molecule has 0 bridgehead atoms. The monoisotopic (exact) mass is 145 g/mol. The van der Waals surface area contributed by atoms with Gasteiger partial charge in [-0.2, -0.15) is 0 Å². The first-order valence-electron chi connectivity index (χ1n) is 3.74. The summed E-state index contributed by atoms with van der Waals surface area (Å²) in [5.74, 6) is 0. The minimum absolute atomic E-state index is 0.000000000000000222. The molecule has 2 N–H and O–H groups in total. The van der Waals surface area contributed by atoms with E-state index < -0.39 is 0 Å². The van der Waals surface area contributed by atoms with Crippen molar-refractivity contribution >= 4 is 0 Å². The third-order valence-electron chi connectivity index (χ3n) is 1.58. The highest BCUT2D eigenvalue weighted by atomic mass is 16.5. The maximum absolute atomic E-state index is 9.25. The van der Waals surface area contributed by atoms with E-state index >= 15 is 0 Å². The molecule has 0 radical (unpaired) electrons. The lowest BCUT2D eigenvalue weighted by Gasteiger charge is -2.16. The van der Waals surface area contributed by atoms with Gasteiger partial charge in [0.05, 0.1) is 18.3 Å². The van der Waals surface area contributed by atoms with Crippen LogP contribution < -0.4 is 5.32 Å². The van der Waals surface area contributed by atoms with Gasteiger partial charge in [-0.3, -0.25) is 0 Å². The molecule has 3 nitrogen and oxygen atoms in total. The molecule has 0 spiro atoms. The first-order chi connectivity index (χ1) is 4.70. The highest BCUT2D eigenvalue weighted by molar-refractivity contribution is 4.81. The van der Waals surface area contributed by atoms with Gasteiger partial charge in [-0.1, -0.05) is 0 Å². The predicted octanol–water partition coefficient (Wildman–Crippen LogP) is -0.256. The SMILES string of the molecule is CC(C)O[C@H]1CNC[C@H]1O. The Kier molecular flexibility index (Phi) is 2.65. The van der Waals surface area contributed by atoms with Crippen LogP contribution in [0.3, 0.4) is 0 Å². The highest BCUT2D eigenvalue weighted by Gasteiger charge is 2.25. The van der Waals surface area contributed by atoms with Gasteiger partial charge in [0.2, 0.25) is 0 Å². The summed E-state index contributed by atoms with van der Waals surface area (Å²) in [7, 11) is 0. The van der Waals surface area contributed by atoms with Crippen LogP contribution in [0.1, 0.15) is 13.8 Å². The number of aliphatic hydroxyl groups excluding tert-OH is 1. The van der Waals surface area contributed by atoms with Crippen molar-refractivity contribution in [3.8, 4) is 0 Å². The van der Waals surface area contributed by atoms with Crippen molar-refractivity contribution in [2.45, 2.75) is 32.2 Å². The number of nitrogens with one attached hydrogen (secondary N) is 1. The van der Waals surface area contributed by atoms with Crippen LogP contribution in [0.25, 0.3) is 0 Å². The molecule has 2 atom stereocenters. The Morgan fingerprint density at radius 1 is 1.50 bits per heavy atom. The molecule has 1 fully saturated rings. The fourth-order valence-electron chi connectivity index (χ4n) is 1.13. The average molecular weight is 145 g/mol. The lowest BCUT2D eigenvalue weighted by Crippen LogP contribution is -2.29. The Bertz CT molecular complexity index is 106. The Balaban J connectivity index is 2.26. The summed E-state index contributed by atoms with van der Waals surface area (Å²) in [6.45, 7) is 5.40. The first kappa shape index (κ1) is 7.98. The molecule has 10 heavy (non-hydrogen) atoms. The molecule has 0 aromatic rings. The topological polar surface area (TPSA) is 41.5 Å². The maximum Gasteiger partial charge on any atom is 0.0973 e. The molecule has 1 aliphatic heterocycles. The summed E-state index contributed by atoms with van der Waals surface area (Å²) in [6.07, 6.45) is -0.109. The lowest BCUT2D eigenvalue weighted by molar-refractivity contribution is -0.0388. The molecule has 1 saturated heterocycles. The third-order valence-corrected chi connectivity index (χ3v) is 1.58. The molecule has 0 aliphatic carbocycles. The summed E-state index contributed by atoms with van der Waals surface area (Å²) in [5.41, 5.74) is 0. The summed E-state index contributed by atoms with van der Waals surface area (Å²) in [4.78, 5) is 0. The smallest absolute Gasteiger partial charge is 0.0973 e. The molecule has 60 valence electrons. The molecule has 0 amide bonds. The Morgan fingerprint density at radius 2 is 2.20 bits per heavy atom. The second kappa shape index (κ2) is 3.32. The fourth-order valence-corrected chi connectivity index (χ4v) is 1.13. The number of rotatable bonds is 2. The van der Waals surface area contributed by atoms with Crippen LogP contribution in [-0.2, 0) is 4.74 Å². The van der Waals surface area contributed by atoms with Crippen molar-refractivity contribution in [1.82, 2.24) is 5.32 Å². The maximum atomic E-state index is 9.25. The van der Waals surface area contributed by atoms with Gasteiger partial charge in [0.25, 0.3) is 0 Å². The normalized spacial score (nSPS) is 33.6. The van der Waals surface area contributed by atoms with Crippen LogP contribution in [0.2, 0.25) is 0 Å². The second-order valence-corrected chi connectivity index (χ2v) is 2.95. The zero-order chi connectivity index (χ0) is 7.56. The van der Waals surface area contributed by atoms with Gasteiger partial charge in [0, 0.05) is 13.1 Å². The summed E-state index contributed by atoms with van der Waals surface area (Å²) in [6, 6.07) is 0. The molecule has 0 aromatic heterocycles. The minimum atomic E-state index is -0.317. The summed E-state index contributed by atoms with van der Waals surface area (Å²) in [5, 5.41) is 12.3. The minimum Gasteiger partial charge on any atom is -0.389 e. The third kappa shape index (κ3) is 1.94.